The van der Waals surface area contributed by atoms with Crippen LogP contribution in [0.3, 0.4) is 0 Å². The molecule has 1 aliphatic rings. The molecule has 1 atom stereocenters. The van der Waals surface area contributed by atoms with Gasteiger partial charge in [0.15, 0.2) is 0 Å². The summed E-state index contributed by atoms with van der Waals surface area (Å²) in [6.45, 7) is 3.72. The van der Waals surface area contributed by atoms with Gasteiger partial charge in [-0.1, -0.05) is 51.0 Å². The quantitative estimate of drug-likeness (QED) is 0.477. The Morgan fingerprint density at radius 2 is 1.88 bits per heavy atom. The minimum absolute atomic E-state index is 0.0353. The van der Waals surface area contributed by atoms with Crippen LogP contribution in [0.5, 0.6) is 0 Å². The molecule has 0 aromatic rings. The summed E-state index contributed by atoms with van der Waals surface area (Å²) in [4.78, 5) is 0. The van der Waals surface area contributed by atoms with Gasteiger partial charge in [0.25, 0.3) is 0 Å². The van der Waals surface area contributed by atoms with Gasteiger partial charge in [0.1, 0.15) is 0 Å². The lowest BCUT2D eigenvalue weighted by atomic mass is 9.84. The Hall–Kier alpha value is -0.300. The molecule has 0 spiro atoms. The number of hydrogen-bond acceptors (Lipinski definition) is 1. The van der Waals surface area contributed by atoms with Crippen LogP contribution in [0.1, 0.15) is 70.6 Å². The van der Waals surface area contributed by atoms with Gasteiger partial charge in [-0.25, -0.2) is 0 Å². The molecular formula is C15H28O. The minimum Gasteiger partial charge on any atom is -0.393 e. The van der Waals surface area contributed by atoms with Crippen LogP contribution in [-0.4, -0.2) is 11.2 Å². The Balaban J connectivity index is 1.96. The maximum absolute atomic E-state index is 9.94. The van der Waals surface area contributed by atoms with Gasteiger partial charge in [0, 0.05) is 0 Å². The van der Waals surface area contributed by atoms with Crippen molar-refractivity contribution in [1.29, 1.82) is 0 Å². The summed E-state index contributed by atoms with van der Waals surface area (Å²) in [7, 11) is 0. The van der Waals surface area contributed by atoms with Crippen LogP contribution in [0.2, 0.25) is 0 Å². The van der Waals surface area contributed by atoms with Crippen molar-refractivity contribution in [1.82, 2.24) is 0 Å². The number of hydrogen-bond donors (Lipinski definition) is 1. The number of aliphatic hydroxyl groups excluding tert-OH is 1. The first-order valence-corrected chi connectivity index (χ1v) is 7.12. The zero-order valence-corrected chi connectivity index (χ0v) is 10.7. The van der Waals surface area contributed by atoms with E-state index < -0.39 is 0 Å². The second-order valence-corrected chi connectivity index (χ2v) is 5.32. The van der Waals surface area contributed by atoms with Crippen LogP contribution in [0.25, 0.3) is 0 Å². The molecule has 1 fully saturated rings. The second-order valence-electron chi connectivity index (χ2n) is 5.32. The van der Waals surface area contributed by atoms with Gasteiger partial charge >= 0.3 is 0 Å². The zero-order valence-electron chi connectivity index (χ0n) is 10.7. The number of unbranched alkanes of at least 4 members (excludes halogenated alkanes) is 3. The van der Waals surface area contributed by atoms with Crippen LogP contribution < -0.4 is 0 Å². The Labute approximate surface area is 101 Å². The van der Waals surface area contributed by atoms with Crippen molar-refractivity contribution in [2.75, 3.05) is 0 Å². The third-order valence-electron chi connectivity index (χ3n) is 3.78. The molecule has 1 N–H and O–H groups in total. The van der Waals surface area contributed by atoms with Crippen molar-refractivity contribution in [3.63, 3.8) is 0 Å². The van der Waals surface area contributed by atoms with Crippen LogP contribution in [0.4, 0.5) is 0 Å². The van der Waals surface area contributed by atoms with E-state index in [9.17, 15) is 5.11 Å². The van der Waals surface area contributed by atoms with Gasteiger partial charge in [0.2, 0.25) is 0 Å². The molecule has 0 heterocycles. The Morgan fingerprint density at radius 1 is 1.12 bits per heavy atom. The molecule has 1 aliphatic carbocycles. The molecule has 0 bridgehead atoms. The molecule has 94 valence electrons. The van der Waals surface area contributed by atoms with E-state index in [0.29, 0.717) is 0 Å². The predicted octanol–water partition coefficient (Wildman–Crippen LogP) is 4.45. The summed E-state index contributed by atoms with van der Waals surface area (Å²) in [6.07, 6.45) is 15.7. The molecule has 0 aromatic carbocycles. The van der Waals surface area contributed by atoms with Crippen molar-refractivity contribution in [3.8, 4) is 0 Å². The molecule has 1 nitrogen and oxygen atoms in total. The summed E-state index contributed by atoms with van der Waals surface area (Å²) < 4.78 is 0. The van der Waals surface area contributed by atoms with E-state index >= 15 is 0 Å². The van der Waals surface area contributed by atoms with Gasteiger partial charge < -0.3 is 5.11 Å². The largest absolute Gasteiger partial charge is 0.393 e. The Kier molecular flexibility index (Phi) is 7.58. The van der Waals surface area contributed by atoms with E-state index in [4.69, 9.17) is 0 Å². The molecule has 0 saturated heterocycles. The lowest BCUT2D eigenvalue weighted by Crippen LogP contribution is -2.16. The monoisotopic (exact) mass is 224 g/mol. The van der Waals surface area contributed by atoms with E-state index in [-0.39, 0.29) is 6.10 Å². The van der Waals surface area contributed by atoms with Crippen molar-refractivity contribution in [2.24, 2.45) is 5.92 Å². The maximum Gasteiger partial charge on any atom is 0.0542 e. The Bertz CT molecular complexity index is 170. The van der Waals surface area contributed by atoms with Crippen LogP contribution in [0, 0.1) is 5.92 Å². The second kappa shape index (κ2) is 8.81. The average Bonchev–Trinajstić information content (AvgIpc) is 2.30. The molecule has 16 heavy (non-hydrogen) atoms. The number of rotatable bonds is 8. The molecule has 1 saturated carbocycles. The highest BCUT2D eigenvalue weighted by molar-refractivity contribution is 4.70. The van der Waals surface area contributed by atoms with Gasteiger partial charge in [0.05, 0.1) is 6.10 Å². The summed E-state index contributed by atoms with van der Waals surface area (Å²) >= 11 is 0. The first-order chi connectivity index (χ1) is 7.83. The van der Waals surface area contributed by atoms with Gasteiger partial charge in [-0.05, 0) is 31.6 Å². The lowest BCUT2D eigenvalue weighted by Gasteiger charge is -2.23. The average molecular weight is 224 g/mol. The van der Waals surface area contributed by atoms with Crippen LogP contribution in [0.15, 0.2) is 12.7 Å². The molecular weight excluding hydrogens is 196 g/mol. The smallest absolute Gasteiger partial charge is 0.0542 e. The first-order valence-electron chi connectivity index (χ1n) is 7.12. The van der Waals surface area contributed by atoms with Gasteiger partial charge in [-0.2, -0.15) is 0 Å². The van der Waals surface area contributed by atoms with Crippen molar-refractivity contribution >= 4 is 0 Å². The fourth-order valence-corrected chi connectivity index (χ4v) is 2.77. The van der Waals surface area contributed by atoms with Crippen molar-refractivity contribution in [3.05, 3.63) is 12.7 Å². The maximum atomic E-state index is 9.94. The van der Waals surface area contributed by atoms with Gasteiger partial charge in [-0.15, -0.1) is 6.58 Å². The first kappa shape index (κ1) is 13.8. The normalized spacial score (nSPS) is 19.6. The highest BCUT2D eigenvalue weighted by Crippen LogP contribution is 2.28. The topological polar surface area (TPSA) is 20.2 Å². The van der Waals surface area contributed by atoms with Crippen molar-refractivity contribution in [2.45, 2.75) is 76.7 Å². The Morgan fingerprint density at radius 3 is 2.56 bits per heavy atom. The highest BCUT2D eigenvalue weighted by atomic mass is 16.3. The molecule has 1 rings (SSSR count). The van der Waals surface area contributed by atoms with E-state index in [1.807, 2.05) is 6.08 Å². The molecule has 0 radical (unpaired) electrons. The third kappa shape index (κ3) is 6.32. The SMILES string of the molecule is C=CCCCCCC(O)CC1CCCCC1. The summed E-state index contributed by atoms with van der Waals surface area (Å²) in [5, 5.41) is 9.94. The van der Waals surface area contributed by atoms with E-state index in [1.54, 1.807) is 0 Å². The molecule has 0 aromatic heterocycles. The summed E-state index contributed by atoms with van der Waals surface area (Å²) in [5.41, 5.74) is 0. The molecule has 1 heteroatoms. The van der Waals surface area contributed by atoms with Gasteiger partial charge in [-0.3, -0.25) is 0 Å². The standard InChI is InChI=1S/C15H28O/c1-2-3-4-5-9-12-15(16)13-14-10-7-6-8-11-14/h2,14-16H,1,3-13H2. The number of allylic oxidation sites excluding steroid dienone is 1. The molecule has 1 unspecified atom stereocenters. The van der Waals surface area contributed by atoms with E-state index in [0.717, 1.165) is 25.2 Å². The van der Waals surface area contributed by atoms with Crippen LogP contribution in [-0.2, 0) is 0 Å². The summed E-state index contributed by atoms with van der Waals surface area (Å²) in [5.74, 6) is 0.817. The zero-order chi connectivity index (χ0) is 11.6. The third-order valence-corrected chi connectivity index (χ3v) is 3.78. The lowest BCUT2D eigenvalue weighted by molar-refractivity contribution is 0.119. The highest BCUT2D eigenvalue weighted by Gasteiger charge is 2.16. The molecule has 0 aliphatic heterocycles. The summed E-state index contributed by atoms with van der Waals surface area (Å²) in [6, 6.07) is 0. The molecule has 0 amide bonds. The van der Waals surface area contributed by atoms with Crippen LogP contribution >= 0.6 is 0 Å². The van der Waals surface area contributed by atoms with E-state index in [1.165, 1.54) is 51.4 Å². The van der Waals surface area contributed by atoms with Crippen molar-refractivity contribution < 1.29 is 5.11 Å². The fourth-order valence-electron chi connectivity index (χ4n) is 2.77. The van der Waals surface area contributed by atoms with E-state index in [2.05, 4.69) is 6.58 Å². The number of aliphatic hydroxyl groups is 1. The fraction of sp³-hybridized carbons (Fsp3) is 0.867. The predicted molar refractivity (Wildman–Crippen MR) is 70.5 cm³/mol. The minimum atomic E-state index is -0.0353.